The van der Waals surface area contributed by atoms with Gasteiger partial charge in [0.05, 0.1) is 6.54 Å². The van der Waals surface area contributed by atoms with Gasteiger partial charge in [0.15, 0.2) is 0 Å². The molecule has 0 saturated carbocycles. The first-order valence-electron chi connectivity index (χ1n) is 5.84. The predicted octanol–water partition coefficient (Wildman–Crippen LogP) is 2.26. The first-order valence-corrected chi connectivity index (χ1v) is 5.84. The quantitative estimate of drug-likeness (QED) is 0.676. The molecule has 0 aromatic heterocycles. The fourth-order valence-corrected chi connectivity index (χ4v) is 1.67. The van der Waals surface area contributed by atoms with Gasteiger partial charge in [0.1, 0.15) is 24.4 Å². The second-order valence-electron chi connectivity index (χ2n) is 3.99. The number of nitrogens with zero attached hydrogens (tertiary/aromatic N) is 1. The Bertz CT molecular complexity index is 392. The molecule has 1 heterocycles. The van der Waals surface area contributed by atoms with Gasteiger partial charge in [-0.3, -0.25) is 4.90 Å². The molecule has 0 unspecified atom stereocenters. The molecule has 0 amide bonds. The van der Waals surface area contributed by atoms with Crippen molar-refractivity contribution in [3.8, 4) is 5.75 Å². The predicted molar refractivity (Wildman–Crippen MR) is 74.9 cm³/mol. The highest BCUT2D eigenvalue weighted by molar-refractivity contribution is 5.85. The average Bonchev–Trinajstić information content (AvgIpc) is 2.38. The first-order chi connectivity index (χ1) is 8.28. The van der Waals surface area contributed by atoms with Crippen LogP contribution in [0.25, 0.3) is 0 Å². The van der Waals surface area contributed by atoms with E-state index in [1.807, 2.05) is 24.3 Å². The van der Waals surface area contributed by atoms with E-state index in [9.17, 15) is 0 Å². The van der Waals surface area contributed by atoms with Crippen LogP contribution < -0.4 is 10.5 Å². The van der Waals surface area contributed by atoms with E-state index in [0.717, 1.165) is 43.4 Å². The molecule has 0 spiro atoms. The van der Waals surface area contributed by atoms with E-state index in [-0.39, 0.29) is 12.4 Å². The maximum atomic E-state index is 5.60. The molecule has 0 bridgehead atoms. The molecule has 0 aliphatic carbocycles. The SMILES string of the molecule is CCN1CCOC(=COc2ccc(N)cc2)C1.Cl. The summed E-state index contributed by atoms with van der Waals surface area (Å²) in [5.41, 5.74) is 6.33. The van der Waals surface area contributed by atoms with Crippen molar-refractivity contribution in [2.24, 2.45) is 0 Å². The Hall–Kier alpha value is -1.39. The monoisotopic (exact) mass is 270 g/mol. The van der Waals surface area contributed by atoms with Crippen LogP contribution in [0.4, 0.5) is 5.69 Å². The van der Waals surface area contributed by atoms with Crippen molar-refractivity contribution in [1.29, 1.82) is 0 Å². The number of anilines is 1. The molecular weight excluding hydrogens is 252 g/mol. The van der Waals surface area contributed by atoms with Crippen LogP contribution in [-0.2, 0) is 4.74 Å². The number of nitrogen functional groups attached to an aromatic ring is 1. The number of halogens is 1. The van der Waals surface area contributed by atoms with Crippen LogP contribution in [0.1, 0.15) is 6.92 Å². The third-order valence-corrected chi connectivity index (χ3v) is 2.73. The Balaban J connectivity index is 0.00000162. The third-order valence-electron chi connectivity index (χ3n) is 2.73. The second kappa shape index (κ2) is 7.13. The normalized spacial score (nSPS) is 17.9. The molecule has 0 radical (unpaired) electrons. The standard InChI is InChI=1S/C13H18N2O2.ClH/c1-2-15-7-8-16-13(9-15)10-17-12-5-3-11(14)4-6-12;/h3-6,10H,2,7-9,14H2,1H3;1H. The third kappa shape index (κ3) is 4.13. The first kappa shape index (κ1) is 14.7. The number of benzene rings is 1. The fraction of sp³-hybridized carbons (Fsp3) is 0.385. The summed E-state index contributed by atoms with van der Waals surface area (Å²) in [6.07, 6.45) is 1.67. The van der Waals surface area contributed by atoms with Crippen LogP contribution >= 0.6 is 12.4 Å². The van der Waals surface area contributed by atoms with E-state index in [2.05, 4.69) is 11.8 Å². The molecule has 1 saturated heterocycles. The molecule has 1 aliphatic rings. The molecule has 5 heteroatoms. The molecule has 4 nitrogen and oxygen atoms in total. The van der Waals surface area contributed by atoms with Crippen LogP contribution in [-0.4, -0.2) is 31.1 Å². The van der Waals surface area contributed by atoms with E-state index < -0.39 is 0 Å². The summed E-state index contributed by atoms with van der Waals surface area (Å²) in [4.78, 5) is 2.31. The van der Waals surface area contributed by atoms with Crippen LogP contribution in [0.2, 0.25) is 0 Å². The number of rotatable bonds is 3. The zero-order valence-electron chi connectivity index (χ0n) is 10.5. The summed E-state index contributed by atoms with van der Waals surface area (Å²) in [6, 6.07) is 7.31. The van der Waals surface area contributed by atoms with Crippen LogP contribution in [0, 0.1) is 0 Å². The average molecular weight is 271 g/mol. The van der Waals surface area contributed by atoms with Gasteiger partial charge in [0.2, 0.25) is 0 Å². The van der Waals surface area contributed by atoms with Gasteiger partial charge in [-0.15, -0.1) is 12.4 Å². The molecule has 100 valence electrons. The van der Waals surface area contributed by atoms with Crippen molar-refractivity contribution >= 4 is 18.1 Å². The zero-order chi connectivity index (χ0) is 12.1. The van der Waals surface area contributed by atoms with Gasteiger partial charge in [-0.05, 0) is 30.8 Å². The van der Waals surface area contributed by atoms with Gasteiger partial charge >= 0.3 is 0 Å². The lowest BCUT2D eigenvalue weighted by Crippen LogP contribution is -2.34. The Morgan fingerprint density at radius 3 is 2.78 bits per heavy atom. The van der Waals surface area contributed by atoms with Crippen LogP contribution in [0.15, 0.2) is 36.3 Å². The van der Waals surface area contributed by atoms with E-state index >= 15 is 0 Å². The second-order valence-corrected chi connectivity index (χ2v) is 3.99. The summed E-state index contributed by atoms with van der Waals surface area (Å²) >= 11 is 0. The Kier molecular flexibility index (Phi) is 5.82. The lowest BCUT2D eigenvalue weighted by Gasteiger charge is -2.27. The topological polar surface area (TPSA) is 47.7 Å². The maximum Gasteiger partial charge on any atom is 0.145 e. The van der Waals surface area contributed by atoms with Gasteiger partial charge < -0.3 is 15.2 Å². The Morgan fingerprint density at radius 2 is 2.11 bits per heavy atom. The van der Waals surface area contributed by atoms with Gasteiger partial charge in [0, 0.05) is 12.2 Å². The minimum atomic E-state index is 0. The van der Waals surface area contributed by atoms with Crippen molar-refractivity contribution < 1.29 is 9.47 Å². The molecule has 1 aromatic rings. The lowest BCUT2D eigenvalue weighted by molar-refractivity contribution is 0.0918. The fourth-order valence-electron chi connectivity index (χ4n) is 1.67. The molecule has 18 heavy (non-hydrogen) atoms. The zero-order valence-corrected chi connectivity index (χ0v) is 11.3. The van der Waals surface area contributed by atoms with Crippen LogP contribution in [0.5, 0.6) is 5.75 Å². The molecule has 2 rings (SSSR count). The van der Waals surface area contributed by atoms with Gasteiger partial charge in [0.25, 0.3) is 0 Å². The Labute approximate surface area is 114 Å². The summed E-state index contributed by atoms with van der Waals surface area (Å²) in [5, 5.41) is 0. The van der Waals surface area contributed by atoms with Crippen molar-refractivity contribution in [3.05, 3.63) is 36.3 Å². The van der Waals surface area contributed by atoms with E-state index in [0.29, 0.717) is 0 Å². The Morgan fingerprint density at radius 1 is 1.39 bits per heavy atom. The number of hydrogen-bond acceptors (Lipinski definition) is 4. The number of morpholine rings is 1. The molecule has 1 fully saturated rings. The van der Waals surface area contributed by atoms with E-state index in [1.165, 1.54) is 0 Å². The van der Waals surface area contributed by atoms with Crippen molar-refractivity contribution in [1.82, 2.24) is 4.90 Å². The van der Waals surface area contributed by atoms with Crippen molar-refractivity contribution in [2.75, 3.05) is 32.0 Å². The van der Waals surface area contributed by atoms with Crippen molar-refractivity contribution in [2.45, 2.75) is 6.92 Å². The largest absolute Gasteiger partial charge is 0.492 e. The number of hydrogen-bond donors (Lipinski definition) is 1. The van der Waals surface area contributed by atoms with Crippen molar-refractivity contribution in [3.63, 3.8) is 0 Å². The van der Waals surface area contributed by atoms with E-state index in [4.69, 9.17) is 15.2 Å². The van der Waals surface area contributed by atoms with E-state index in [1.54, 1.807) is 6.26 Å². The minimum absolute atomic E-state index is 0. The molecule has 1 aliphatic heterocycles. The summed E-state index contributed by atoms with van der Waals surface area (Å²) in [7, 11) is 0. The minimum Gasteiger partial charge on any atom is -0.492 e. The molecule has 2 N–H and O–H groups in total. The highest BCUT2D eigenvalue weighted by Gasteiger charge is 2.13. The summed E-state index contributed by atoms with van der Waals surface area (Å²) < 4.78 is 11.0. The number of likely N-dealkylation sites (N-methyl/N-ethyl adjacent to an activating group) is 1. The number of ether oxygens (including phenoxy) is 2. The van der Waals surface area contributed by atoms with Gasteiger partial charge in [-0.1, -0.05) is 6.92 Å². The summed E-state index contributed by atoms with van der Waals surface area (Å²) in [6.45, 7) is 5.69. The highest BCUT2D eigenvalue weighted by Crippen LogP contribution is 2.15. The number of nitrogens with two attached hydrogens (primary N) is 1. The highest BCUT2D eigenvalue weighted by atomic mass is 35.5. The smallest absolute Gasteiger partial charge is 0.145 e. The summed E-state index contributed by atoms with van der Waals surface area (Å²) in [5.74, 6) is 1.64. The molecular formula is C13H19ClN2O2. The van der Waals surface area contributed by atoms with Gasteiger partial charge in [-0.2, -0.15) is 0 Å². The lowest BCUT2D eigenvalue weighted by atomic mass is 10.3. The van der Waals surface area contributed by atoms with Crippen LogP contribution in [0.3, 0.4) is 0 Å². The molecule has 0 atom stereocenters. The maximum absolute atomic E-state index is 5.60. The molecule has 1 aromatic carbocycles. The van der Waals surface area contributed by atoms with Gasteiger partial charge in [-0.25, -0.2) is 0 Å².